The van der Waals surface area contributed by atoms with Crippen LogP contribution in [0.3, 0.4) is 0 Å². The predicted octanol–water partition coefficient (Wildman–Crippen LogP) is 1.40. The first-order chi connectivity index (χ1) is 3.62. The monoisotopic (exact) mass is 171 g/mol. The molecular formula is C3H10NOPS2. The Morgan fingerprint density at radius 1 is 1.88 bits per heavy atom. The molecule has 0 saturated heterocycles. The number of thiol groups is 1. The van der Waals surface area contributed by atoms with E-state index in [1.54, 1.807) is 7.05 Å². The quantitative estimate of drug-likeness (QED) is 0.495. The smallest absolute Gasteiger partial charge is 0.182 e. The van der Waals surface area contributed by atoms with E-state index in [2.05, 4.69) is 17.3 Å². The second kappa shape index (κ2) is 3.85. The molecule has 8 heavy (non-hydrogen) atoms. The van der Waals surface area contributed by atoms with Crippen LogP contribution in [0.15, 0.2) is 0 Å². The Morgan fingerprint density at radius 3 is 2.50 bits per heavy atom. The molecule has 2 nitrogen and oxygen atoms in total. The fraction of sp³-hybridized carbons (Fsp3) is 1.00. The maximum absolute atomic E-state index is 5.06. The zero-order chi connectivity index (χ0) is 6.62. The molecule has 0 aliphatic heterocycles. The number of nitrogens with one attached hydrogen (secondary N) is 1. The highest BCUT2D eigenvalue weighted by Crippen LogP contribution is 2.46. The van der Waals surface area contributed by atoms with Crippen molar-refractivity contribution in [3.63, 3.8) is 0 Å². The van der Waals surface area contributed by atoms with Gasteiger partial charge in [0.2, 0.25) is 0 Å². The molecule has 0 spiro atoms. The lowest BCUT2D eigenvalue weighted by Crippen LogP contribution is -1.99. The van der Waals surface area contributed by atoms with Gasteiger partial charge in [0.05, 0.1) is 6.61 Å². The minimum absolute atomic E-state index is 0.627. The second-order valence-electron chi connectivity index (χ2n) is 1.16. The summed E-state index contributed by atoms with van der Waals surface area (Å²) < 4.78 is 5.06. The predicted molar refractivity (Wildman–Crippen MR) is 44.0 cm³/mol. The van der Waals surface area contributed by atoms with E-state index >= 15 is 0 Å². The summed E-state index contributed by atoms with van der Waals surface area (Å²) in [5.41, 5.74) is -1.90. The van der Waals surface area contributed by atoms with Gasteiger partial charge in [-0.15, -0.1) is 12.2 Å². The van der Waals surface area contributed by atoms with Crippen LogP contribution in [0.4, 0.5) is 0 Å². The van der Waals surface area contributed by atoms with Gasteiger partial charge in [-0.05, 0) is 25.8 Å². The van der Waals surface area contributed by atoms with Crippen LogP contribution in [0.2, 0.25) is 0 Å². The van der Waals surface area contributed by atoms with Gasteiger partial charge in [-0.3, -0.25) is 5.09 Å². The van der Waals surface area contributed by atoms with Gasteiger partial charge in [0.1, 0.15) is 0 Å². The molecule has 0 radical (unpaired) electrons. The van der Waals surface area contributed by atoms with Crippen molar-refractivity contribution in [1.29, 1.82) is 0 Å². The lowest BCUT2D eigenvalue weighted by molar-refractivity contribution is 0.381. The lowest BCUT2D eigenvalue weighted by atomic mass is 10.9. The van der Waals surface area contributed by atoms with Crippen molar-refractivity contribution in [3.8, 4) is 0 Å². The SMILES string of the molecule is CCOP(=S)(S)NC. The Morgan fingerprint density at radius 2 is 2.38 bits per heavy atom. The van der Waals surface area contributed by atoms with Gasteiger partial charge >= 0.3 is 0 Å². The summed E-state index contributed by atoms with van der Waals surface area (Å²) in [4.78, 5) is 0. The van der Waals surface area contributed by atoms with E-state index in [-0.39, 0.29) is 0 Å². The van der Waals surface area contributed by atoms with Crippen molar-refractivity contribution >= 4 is 29.7 Å². The molecule has 0 fully saturated rings. The lowest BCUT2D eigenvalue weighted by Gasteiger charge is -2.12. The zero-order valence-corrected chi connectivity index (χ0v) is 7.52. The molecule has 1 atom stereocenters. The van der Waals surface area contributed by atoms with Crippen LogP contribution in [0.1, 0.15) is 6.92 Å². The molecule has 5 heteroatoms. The van der Waals surface area contributed by atoms with Crippen LogP contribution in [-0.4, -0.2) is 13.7 Å². The highest BCUT2D eigenvalue weighted by Gasteiger charge is 2.04. The topological polar surface area (TPSA) is 21.3 Å². The van der Waals surface area contributed by atoms with Crippen molar-refractivity contribution in [2.45, 2.75) is 6.92 Å². The summed E-state index contributed by atoms with van der Waals surface area (Å²) in [5, 5.41) is 2.81. The number of hydrogen-bond acceptors (Lipinski definition) is 2. The highest BCUT2D eigenvalue weighted by molar-refractivity contribution is 8.61. The third-order valence-corrected chi connectivity index (χ3v) is 3.57. The van der Waals surface area contributed by atoms with Crippen LogP contribution >= 0.6 is 17.9 Å². The molecule has 0 amide bonds. The third kappa shape index (κ3) is 3.87. The largest absolute Gasteiger partial charge is 0.331 e. The summed E-state index contributed by atoms with van der Waals surface area (Å²) in [6.45, 7) is 2.52. The van der Waals surface area contributed by atoms with Crippen LogP contribution in [-0.2, 0) is 16.3 Å². The van der Waals surface area contributed by atoms with Crippen LogP contribution in [0.25, 0.3) is 0 Å². The number of hydrogen-bond donors (Lipinski definition) is 2. The van der Waals surface area contributed by atoms with Gasteiger partial charge in [0.25, 0.3) is 0 Å². The summed E-state index contributed by atoms with van der Waals surface area (Å²) in [7, 11) is 1.75. The minimum Gasteiger partial charge on any atom is -0.331 e. The maximum atomic E-state index is 5.06. The minimum atomic E-state index is -1.90. The molecule has 0 heterocycles. The first kappa shape index (κ1) is 8.92. The maximum Gasteiger partial charge on any atom is 0.182 e. The van der Waals surface area contributed by atoms with E-state index in [1.165, 1.54) is 0 Å². The molecular weight excluding hydrogens is 161 g/mol. The van der Waals surface area contributed by atoms with Crippen LogP contribution in [0, 0.1) is 0 Å². The highest BCUT2D eigenvalue weighted by atomic mass is 32.9. The average molecular weight is 171 g/mol. The standard InChI is InChI=1S/C3H10NOPS2/c1-3-5-6(7,8)4-2/h3H2,1-2H3,(H2,4,7,8). The Balaban J connectivity index is 3.55. The van der Waals surface area contributed by atoms with Crippen LogP contribution < -0.4 is 5.09 Å². The van der Waals surface area contributed by atoms with Crippen molar-refractivity contribution in [2.24, 2.45) is 0 Å². The second-order valence-corrected chi connectivity index (χ2v) is 6.95. The van der Waals surface area contributed by atoms with Crippen molar-refractivity contribution in [3.05, 3.63) is 0 Å². The molecule has 0 aromatic heterocycles. The number of rotatable bonds is 3. The molecule has 50 valence electrons. The third-order valence-electron chi connectivity index (χ3n) is 0.587. The normalized spacial score (nSPS) is 17.9. The molecule has 1 N–H and O–H groups in total. The molecule has 0 aromatic rings. The van der Waals surface area contributed by atoms with Gasteiger partial charge in [-0.1, -0.05) is 0 Å². The molecule has 0 bridgehead atoms. The molecule has 0 rings (SSSR count). The zero-order valence-electron chi connectivity index (χ0n) is 4.92. The van der Waals surface area contributed by atoms with Crippen molar-refractivity contribution in [2.75, 3.05) is 13.7 Å². The van der Waals surface area contributed by atoms with Gasteiger partial charge < -0.3 is 4.52 Å². The molecule has 0 saturated carbocycles. The van der Waals surface area contributed by atoms with Gasteiger partial charge in [-0.2, -0.15) is 0 Å². The van der Waals surface area contributed by atoms with Crippen molar-refractivity contribution in [1.82, 2.24) is 5.09 Å². The van der Waals surface area contributed by atoms with Gasteiger partial charge in [0, 0.05) is 0 Å². The van der Waals surface area contributed by atoms with E-state index in [9.17, 15) is 0 Å². The van der Waals surface area contributed by atoms with Gasteiger partial charge in [0.15, 0.2) is 5.62 Å². The fourth-order valence-corrected chi connectivity index (χ4v) is 1.38. The molecule has 0 aliphatic carbocycles. The summed E-state index contributed by atoms with van der Waals surface area (Å²) in [6, 6.07) is 0. The Bertz CT molecular complexity index is 107. The summed E-state index contributed by atoms with van der Waals surface area (Å²) in [5.74, 6) is 0. The summed E-state index contributed by atoms with van der Waals surface area (Å²) >= 11 is 8.95. The Labute approximate surface area is 60.3 Å². The van der Waals surface area contributed by atoms with E-state index < -0.39 is 5.62 Å². The van der Waals surface area contributed by atoms with Crippen LogP contribution in [0.5, 0.6) is 0 Å². The van der Waals surface area contributed by atoms with Crippen molar-refractivity contribution < 1.29 is 4.52 Å². The van der Waals surface area contributed by atoms with E-state index in [1.807, 2.05) is 6.92 Å². The van der Waals surface area contributed by atoms with Gasteiger partial charge in [-0.25, -0.2) is 0 Å². The molecule has 0 aromatic carbocycles. The molecule has 1 unspecified atom stereocenters. The first-order valence-corrected chi connectivity index (χ1v) is 6.16. The molecule has 0 aliphatic rings. The van der Waals surface area contributed by atoms with E-state index in [4.69, 9.17) is 16.3 Å². The Hall–Kier alpha value is 0.920. The Kier molecular flexibility index (Phi) is 4.30. The first-order valence-electron chi connectivity index (χ1n) is 2.28. The average Bonchev–Trinajstić information content (AvgIpc) is 1.67. The summed E-state index contributed by atoms with van der Waals surface area (Å²) in [6.07, 6.45) is 0. The van der Waals surface area contributed by atoms with E-state index in [0.29, 0.717) is 6.61 Å². The van der Waals surface area contributed by atoms with E-state index in [0.717, 1.165) is 0 Å². The fourth-order valence-electron chi connectivity index (χ4n) is 0.240.